The molecular formula is C13H27N3O. The van der Waals surface area contributed by atoms with Gasteiger partial charge in [-0.05, 0) is 45.3 Å². The Balaban J connectivity index is 2.21. The van der Waals surface area contributed by atoms with Crippen LogP contribution < -0.4 is 5.73 Å². The van der Waals surface area contributed by atoms with E-state index in [9.17, 15) is 4.79 Å². The molecule has 1 fully saturated rings. The molecule has 0 bridgehead atoms. The normalized spacial score (nSPS) is 16.0. The summed E-state index contributed by atoms with van der Waals surface area (Å²) in [5, 5.41) is 0. The molecule has 0 aromatic carbocycles. The fourth-order valence-corrected chi connectivity index (χ4v) is 2.18. The van der Waals surface area contributed by atoms with Gasteiger partial charge in [0.25, 0.3) is 0 Å². The van der Waals surface area contributed by atoms with Crippen LogP contribution in [-0.2, 0) is 4.79 Å². The number of hydrogen-bond donors (Lipinski definition) is 1. The number of carbonyl (C=O) groups is 1. The van der Waals surface area contributed by atoms with E-state index in [1.807, 2.05) is 14.1 Å². The summed E-state index contributed by atoms with van der Waals surface area (Å²) < 4.78 is 0. The Kier molecular flexibility index (Phi) is 6.52. The SMILES string of the molecule is CN(C)C(=O)CCCN(CCCN)C1CCC1. The van der Waals surface area contributed by atoms with Crippen LogP contribution in [0.2, 0.25) is 0 Å². The van der Waals surface area contributed by atoms with E-state index in [0.717, 1.165) is 38.5 Å². The van der Waals surface area contributed by atoms with Gasteiger partial charge in [0, 0.05) is 26.6 Å². The van der Waals surface area contributed by atoms with Crippen molar-refractivity contribution in [2.75, 3.05) is 33.7 Å². The molecule has 0 radical (unpaired) electrons. The summed E-state index contributed by atoms with van der Waals surface area (Å²) in [6.07, 6.45) is 6.72. The number of nitrogens with two attached hydrogens (primary N) is 1. The van der Waals surface area contributed by atoms with Crippen molar-refractivity contribution in [1.29, 1.82) is 0 Å². The predicted octanol–water partition coefficient (Wildman–Crippen LogP) is 1.06. The number of carbonyl (C=O) groups excluding carboxylic acids is 1. The Morgan fingerprint density at radius 1 is 1.24 bits per heavy atom. The van der Waals surface area contributed by atoms with Gasteiger partial charge >= 0.3 is 0 Å². The van der Waals surface area contributed by atoms with Crippen LogP contribution in [0.25, 0.3) is 0 Å². The van der Waals surface area contributed by atoms with E-state index in [1.165, 1.54) is 19.3 Å². The van der Waals surface area contributed by atoms with Crippen LogP contribution in [0.15, 0.2) is 0 Å². The molecular weight excluding hydrogens is 214 g/mol. The molecule has 0 saturated heterocycles. The Morgan fingerprint density at radius 2 is 1.88 bits per heavy atom. The van der Waals surface area contributed by atoms with Gasteiger partial charge in [-0.3, -0.25) is 4.79 Å². The summed E-state index contributed by atoms with van der Waals surface area (Å²) in [5.41, 5.74) is 5.57. The van der Waals surface area contributed by atoms with Crippen molar-refractivity contribution in [1.82, 2.24) is 9.80 Å². The summed E-state index contributed by atoms with van der Waals surface area (Å²) in [6.45, 7) is 2.90. The van der Waals surface area contributed by atoms with E-state index in [1.54, 1.807) is 4.90 Å². The Hall–Kier alpha value is -0.610. The smallest absolute Gasteiger partial charge is 0.222 e. The quantitative estimate of drug-likeness (QED) is 0.691. The molecule has 0 aromatic rings. The van der Waals surface area contributed by atoms with Gasteiger partial charge in [-0.2, -0.15) is 0 Å². The van der Waals surface area contributed by atoms with Gasteiger partial charge in [-0.15, -0.1) is 0 Å². The molecule has 2 N–H and O–H groups in total. The number of rotatable bonds is 8. The topological polar surface area (TPSA) is 49.6 Å². The minimum absolute atomic E-state index is 0.234. The average Bonchev–Trinajstić information content (AvgIpc) is 2.22. The first kappa shape index (κ1) is 14.5. The van der Waals surface area contributed by atoms with Crippen molar-refractivity contribution < 1.29 is 4.79 Å². The van der Waals surface area contributed by atoms with E-state index in [0.29, 0.717) is 6.42 Å². The number of amides is 1. The molecule has 0 unspecified atom stereocenters. The molecule has 1 amide bonds. The summed E-state index contributed by atoms with van der Waals surface area (Å²) >= 11 is 0. The van der Waals surface area contributed by atoms with Gasteiger partial charge in [-0.1, -0.05) is 6.42 Å². The first-order chi connectivity index (χ1) is 8.15. The van der Waals surface area contributed by atoms with Gasteiger partial charge in [0.05, 0.1) is 0 Å². The van der Waals surface area contributed by atoms with Crippen LogP contribution in [0.3, 0.4) is 0 Å². The minimum atomic E-state index is 0.234. The predicted molar refractivity (Wildman–Crippen MR) is 70.8 cm³/mol. The second-order valence-corrected chi connectivity index (χ2v) is 5.15. The number of hydrogen-bond acceptors (Lipinski definition) is 3. The lowest BCUT2D eigenvalue weighted by atomic mass is 9.91. The maximum Gasteiger partial charge on any atom is 0.222 e. The molecule has 1 aliphatic rings. The lowest BCUT2D eigenvalue weighted by Gasteiger charge is -2.37. The van der Waals surface area contributed by atoms with E-state index in [-0.39, 0.29) is 5.91 Å². The van der Waals surface area contributed by atoms with Crippen LogP contribution in [0.4, 0.5) is 0 Å². The largest absolute Gasteiger partial charge is 0.349 e. The maximum absolute atomic E-state index is 11.5. The highest BCUT2D eigenvalue weighted by molar-refractivity contribution is 5.75. The Morgan fingerprint density at radius 3 is 2.35 bits per heavy atom. The zero-order valence-electron chi connectivity index (χ0n) is 11.3. The molecule has 0 spiro atoms. The van der Waals surface area contributed by atoms with E-state index in [4.69, 9.17) is 5.73 Å². The standard InChI is InChI=1S/C13H27N3O/c1-15(2)13(17)8-4-10-16(11-5-9-14)12-6-3-7-12/h12H,3-11,14H2,1-2H3. The van der Waals surface area contributed by atoms with Gasteiger partial charge in [0.1, 0.15) is 0 Å². The third-order valence-corrected chi connectivity index (χ3v) is 3.58. The highest BCUT2D eigenvalue weighted by atomic mass is 16.2. The van der Waals surface area contributed by atoms with Crippen molar-refractivity contribution >= 4 is 5.91 Å². The molecule has 1 rings (SSSR count). The van der Waals surface area contributed by atoms with Crippen LogP contribution in [0.5, 0.6) is 0 Å². The van der Waals surface area contributed by atoms with Gasteiger partial charge < -0.3 is 15.5 Å². The zero-order valence-corrected chi connectivity index (χ0v) is 11.3. The summed E-state index contributed by atoms with van der Waals surface area (Å²) in [5.74, 6) is 0.234. The van der Waals surface area contributed by atoms with E-state index >= 15 is 0 Å². The summed E-state index contributed by atoms with van der Waals surface area (Å²) in [6, 6.07) is 0.760. The van der Waals surface area contributed by atoms with Gasteiger partial charge in [0.2, 0.25) is 5.91 Å². The van der Waals surface area contributed by atoms with Crippen molar-refractivity contribution in [3.63, 3.8) is 0 Å². The van der Waals surface area contributed by atoms with Crippen LogP contribution in [-0.4, -0.2) is 55.5 Å². The zero-order chi connectivity index (χ0) is 12.7. The third kappa shape index (κ3) is 5.04. The molecule has 4 heteroatoms. The van der Waals surface area contributed by atoms with E-state index < -0.39 is 0 Å². The fourth-order valence-electron chi connectivity index (χ4n) is 2.18. The highest BCUT2D eigenvalue weighted by Gasteiger charge is 2.24. The maximum atomic E-state index is 11.5. The monoisotopic (exact) mass is 241 g/mol. The molecule has 1 saturated carbocycles. The van der Waals surface area contributed by atoms with Crippen molar-refractivity contribution in [3.8, 4) is 0 Å². The second kappa shape index (κ2) is 7.67. The first-order valence-corrected chi connectivity index (χ1v) is 6.79. The highest BCUT2D eigenvalue weighted by Crippen LogP contribution is 2.25. The van der Waals surface area contributed by atoms with Crippen LogP contribution >= 0.6 is 0 Å². The second-order valence-electron chi connectivity index (χ2n) is 5.15. The van der Waals surface area contributed by atoms with Crippen molar-refractivity contribution in [2.45, 2.75) is 44.6 Å². The minimum Gasteiger partial charge on any atom is -0.349 e. The third-order valence-electron chi connectivity index (χ3n) is 3.58. The summed E-state index contributed by atoms with van der Waals surface area (Å²) in [7, 11) is 3.64. The molecule has 0 atom stereocenters. The van der Waals surface area contributed by atoms with Crippen molar-refractivity contribution in [3.05, 3.63) is 0 Å². The van der Waals surface area contributed by atoms with E-state index in [2.05, 4.69) is 4.90 Å². The van der Waals surface area contributed by atoms with Crippen LogP contribution in [0, 0.1) is 0 Å². The lowest BCUT2D eigenvalue weighted by molar-refractivity contribution is -0.128. The molecule has 0 aliphatic heterocycles. The number of nitrogens with zero attached hydrogens (tertiary/aromatic N) is 2. The average molecular weight is 241 g/mol. The Bertz CT molecular complexity index is 227. The molecule has 0 aromatic heterocycles. The fraction of sp³-hybridized carbons (Fsp3) is 0.923. The van der Waals surface area contributed by atoms with Crippen LogP contribution in [0.1, 0.15) is 38.5 Å². The molecule has 0 heterocycles. The van der Waals surface area contributed by atoms with Crippen molar-refractivity contribution in [2.24, 2.45) is 5.73 Å². The van der Waals surface area contributed by atoms with Gasteiger partial charge in [0.15, 0.2) is 0 Å². The Labute approximate surface area is 105 Å². The lowest BCUT2D eigenvalue weighted by Crippen LogP contribution is -2.42. The first-order valence-electron chi connectivity index (χ1n) is 6.79. The molecule has 100 valence electrons. The van der Waals surface area contributed by atoms with Gasteiger partial charge in [-0.25, -0.2) is 0 Å². The molecule has 4 nitrogen and oxygen atoms in total. The summed E-state index contributed by atoms with van der Waals surface area (Å²) in [4.78, 5) is 15.7. The molecule has 1 aliphatic carbocycles. The molecule has 17 heavy (non-hydrogen) atoms.